The standard InChI is InChI=1S/C27H24O/c1-19-14-16-27(2,17-15-19)18-28-26-9-5-8-22-24-11-10-20-6-3-4-7-21(20)23(24)12-13-25(22)26/h3-16H,17-18H2,1-2H3. The first-order valence-corrected chi connectivity index (χ1v) is 9.95. The Labute approximate surface area is 165 Å². The number of rotatable bonds is 3. The van der Waals surface area contributed by atoms with Crippen LogP contribution in [0, 0.1) is 5.41 Å². The van der Waals surface area contributed by atoms with Gasteiger partial charge in [-0.3, -0.25) is 0 Å². The van der Waals surface area contributed by atoms with Gasteiger partial charge < -0.3 is 4.74 Å². The summed E-state index contributed by atoms with van der Waals surface area (Å²) in [5.74, 6) is 0.966. The van der Waals surface area contributed by atoms with E-state index in [1.54, 1.807) is 0 Å². The maximum Gasteiger partial charge on any atom is 0.127 e. The first-order valence-electron chi connectivity index (χ1n) is 9.95. The van der Waals surface area contributed by atoms with Crippen LogP contribution in [-0.4, -0.2) is 6.61 Å². The number of hydrogen-bond acceptors (Lipinski definition) is 1. The molecule has 0 saturated heterocycles. The van der Waals surface area contributed by atoms with Crippen molar-refractivity contribution in [2.24, 2.45) is 5.41 Å². The number of fused-ring (bicyclic) bond motifs is 5. The van der Waals surface area contributed by atoms with E-state index in [1.807, 2.05) is 0 Å². The van der Waals surface area contributed by atoms with E-state index in [0.29, 0.717) is 6.61 Å². The molecule has 138 valence electrons. The molecule has 0 amide bonds. The Bertz CT molecular complexity index is 1260. The fourth-order valence-corrected chi connectivity index (χ4v) is 4.17. The lowest BCUT2D eigenvalue weighted by Gasteiger charge is -2.27. The van der Waals surface area contributed by atoms with Crippen molar-refractivity contribution in [1.82, 2.24) is 0 Å². The lowest BCUT2D eigenvalue weighted by atomic mass is 9.83. The monoisotopic (exact) mass is 364 g/mol. The SMILES string of the molecule is CC1=CCC(C)(COc2cccc3c2ccc2c4ccccc4ccc32)C=C1. The van der Waals surface area contributed by atoms with Crippen LogP contribution in [0.1, 0.15) is 20.3 Å². The van der Waals surface area contributed by atoms with E-state index in [2.05, 4.69) is 98.8 Å². The molecule has 1 aliphatic rings. The summed E-state index contributed by atoms with van der Waals surface area (Å²) in [6, 6.07) is 23.9. The van der Waals surface area contributed by atoms with Crippen molar-refractivity contribution >= 4 is 32.3 Å². The molecule has 0 radical (unpaired) electrons. The van der Waals surface area contributed by atoms with Crippen molar-refractivity contribution in [3.05, 3.63) is 90.5 Å². The van der Waals surface area contributed by atoms with Crippen LogP contribution in [0.5, 0.6) is 5.75 Å². The van der Waals surface area contributed by atoms with E-state index in [-0.39, 0.29) is 5.41 Å². The van der Waals surface area contributed by atoms with Gasteiger partial charge in [0.2, 0.25) is 0 Å². The summed E-state index contributed by atoms with van der Waals surface area (Å²) in [6.45, 7) is 5.09. The van der Waals surface area contributed by atoms with Crippen molar-refractivity contribution in [2.75, 3.05) is 6.61 Å². The summed E-state index contributed by atoms with van der Waals surface area (Å²) in [5.41, 5.74) is 1.38. The normalized spacial score (nSPS) is 19.3. The van der Waals surface area contributed by atoms with E-state index in [1.165, 1.54) is 37.9 Å². The summed E-state index contributed by atoms with van der Waals surface area (Å²) >= 11 is 0. The second-order valence-corrected chi connectivity index (χ2v) is 8.23. The van der Waals surface area contributed by atoms with Gasteiger partial charge in [0, 0.05) is 10.8 Å². The van der Waals surface area contributed by atoms with E-state index in [9.17, 15) is 0 Å². The molecule has 1 nitrogen and oxygen atoms in total. The molecule has 1 heteroatoms. The number of hydrogen-bond donors (Lipinski definition) is 0. The molecule has 0 saturated carbocycles. The largest absolute Gasteiger partial charge is 0.492 e. The molecular formula is C27H24O. The van der Waals surface area contributed by atoms with Gasteiger partial charge >= 0.3 is 0 Å². The number of benzene rings is 4. The Morgan fingerprint density at radius 3 is 2.36 bits per heavy atom. The van der Waals surface area contributed by atoms with Crippen molar-refractivity contribution in [3.63, 3.8) is 0 Å². The number of ether oxygens (including phenoxy) is 1. The van der Waals surface area contributed by atoms with Gasteiger partial charge in [0.15, 0.2) is 0 Å². The maximum absolute atomic E-state index is 6.35. The zero-order chi connectivity index (χ0) is 19.1. The number of allylic oxidation sites excluding steroid dienone is 3. The molecule has 0 fully saturated rings. The van der Waals surface area contributed by atoms with Crippen LogP contribution < -0.4 is 4.74 Å². The maximum atomic E-state index is 6.35. The van der Waals surface area contributed by atoms with Gasteiger partial charge in [-0.25, -0.2) is 0 Å². The highest BCUT2D eigenvalue weighted by molar-refractivity contribution is 6.18. The summed E-state index contributed by atoms with van der Waals surface area (Å²) in [7, 11) is 0. The smallest absolute Gasteiger partial charge is 0.127 e. The van der Waals surface area contributed by atoms with Crippen molar-refractivity contribution in [2.45, 2.75) is 20.3 Å². The molecule has 0 N–H and O–H groups in total. The molecule has 0 heterocycles. The van der Waals surface area contributed by atoms with E-state index in [0.717, 1.165) is 12.2 Å². The molecular weight excluding hydrogens is 340 g/mol. The predicted molar refractivity (Wildman–Crippen MR) is 120 cm³/mol. The fourth-order valence-electron chi connectivity index (χ4n) is 4.17. The Balaban J connectivity index is 1.56. The molecule has 28 heavy (non-hydrogen) atoms. The highest BCUT2D eigenvalue weighted by Crippen LogP contribution is 2.36. The molecule has 4 aromatic rings. The van der Waals surface area contributed by atoms with Crippen molar-refractivity contribution < 1.29 is 4.74 Å². The molecule has 1 unspecified atom stereocenters. The van der Waals surface area contributed by atoms with Gasteiger partial charge in [0.05, 0.1) is 6.61 Å². The van der Waals surface area contributed by atoms with Crippen LogP contribution in [0.25, 0.3) is 32.3 Å². The highest BCUT2D eigenvalue weighted by Gasteiger charge is 2.23. The van der Waals surface area contributed by atoms with Crippen LogP contribution in [0.15, 0.2) is 90.5 Å². The van der Waals surface area contributed by atoms with E-state index < -0.39 is 0 Å². The van der Waals surface area contributed by atoms with Crippen LogP contribution in [0.2, 0.25) is 0 Å². The molecule has 4 aromatic carbocycles. The van der Waals surface area contributed by atoms with E-state index >= 15 is 0 Å². The zero-order valence-corrected chi connectivity index (χ0v) is 16.4. The van der Waals surface area contributed by atoms with Crippen molar-refractivity contribution in [1.29, 1.82) is 0 Å². The molecule has 0 aromatic heterocycles. The predicted octanol–water partition coefficient (Wildman–Crippen LogP) is 7.44. The van der Waals surface area contributed by atoms with Gasteiger partial charge in [-0.2, -0.15) is 0 Å². The minimum absolute atomic E-state index is 0.0503. The summed E-state index contributed by atoms with van der Waals surface area (Å²) in [6.07, 6.45) is 7.81. The van der Waals surface area contributed by atoms with Crippen LogP contribution in [-0.2, 0) is 0 Å². The second kappa shape index (κ2) is 6.53. The molecule has 0 spiro atoms. The summed E-state index contributed by atoms with van der Waals surface area (Å²) < 4.78 is 6.35. The fraction of sp³-hybridized carbons (Fsp3) is 0.185. The van der Waals surface area contributed by atoms with Gasteiger partial charge in [0.1, 0.15) is 5.75 Å². The quantitative estimate of drug-likeness (QED) is 0.343. The summed E-state index contributed by atoms with van der Waals surface area (Å²) in [4.78, 5) is 0. The Morgan fingerprint density at radius 2 is 1.50 bits per heavy atom. The Morgan fingerprint density at radius 1 is 0.786 bits per heavy atom. The Kier molecular flexibility index (Phi) is 3.98. The van der Waals surface area contributed by atoms with Crippen LogP contribution in [0.4, 0.5) is 0 Å². The first-order chi connectivity index (χ1) is 13.6. The van der Waals surface area contributed by atoms with E-state index in [4.69, 9.17) is 4.74 Å². The highest BCUT2D eigenvalue weighted by atomic mass is 16.5. The molecule has 5 rings (SSSR count). The third-order valence-electron chi connectivity index (χ3n) is 5.94. The second-order valence-electron chi connectivity index (χ2n) is 8.23. The van der Waals surface area contributed by atoms with Gasteiger partial charge in [-0.1, -0.05) is 85.3 Å². The molecule has 1 atom stereocenters. The lowest BCUT2D eigenvalue weighted by molar-refractivity contribution is 0.208. The van der Waals surface area contributed by atoms with Crippen LogP contribution in [0.3, 0.4) is 0 Å². The van der Waals surface area contributed by atoms with Gasteiger partial charge in [-0.15, -0.1) is 0 Å². The van der Waals surface area contributed by atoms with Crippen LogP contribution >= 0.6 is 0 Å². The minimum atomic E-state index is 0.0503. The minimum Gasteiger partial charge on any atom is -0.492 e. The Hall–Kier alpha value is -3.06. The third-order valence-corrected chi connectivity index (χ3v) is 5.94. The lowest BCUT2D eigenvalue weighted by Crippen LogP contribution is -2.23. The first kappa shape index (κ1) is 17.1. The third kappa shape index (κ3) is 2.88. The topological polar surface area (TPSA) is 9.23 Å². The summed E-state index contributed by atoms with van der Waals surface area (Å²) in [5, 5.41) is 7.59. The average Bonchev–Trinajstić information content (AvgIpc) is 2.74. The molecule has 1 aliphatic carbocycles. The van der Waals surface area contributed by atoms with Gasteiger partial charge in [0.25, 0.3) is 0 Å². The molecule has 0 bridgehead atoms. The average molecular weight is 364 g/mol. The zero-order valence-electron chi connectivity index (χ0n) is 16.4. The molecule has 0 aliphatic heterocycles. The van der Waals surface area contributed by atoms with Crippen molar-refractivity contribution in [3.8, 4) is 5.75 Å². The van der Waals surface area contributed by atoms with Gasteiger partial charge in [-0.05, 0) is 52.4 Å².